The van der Waals surface area contributed by atoms with E-state index < -0.39 is 29.2 Å². The van der Waals surface area contributed by atoms with Gasteiger partial charge in [0, 0.05) is 40.3 Å². The number of amides is 3. The first-order valence-electron chi connectivity index (χ1n) is 12.2. The molecule has 1 unspecified atom stereocenters. The zero-order chi connectivity index (χ0) is 29.8. The summed E-state index contributed by atoms with van der Waals surface area (Å²) in [4.78, 5) is 64.1. The molecule has 218 valence electrons. The van der Waals surface area contributed by atoms with Crippen molar-refractivity contribution in [1.29, 1.82) is 0 Å². The Morgan fingerprint density at radius 3 is 2.74 bits per heavy atom. The Labute approximate surface area is 250 Å². The molecule has 3 amide bonds. The zero-order valence-electron chi connectivity index (χ0n) is 21.6. The molecule has 3 aromatic rings. The number of nitrogens with zero attached hydrogens (tertiary/aromatic N) is 5. The predicted molar refractivity (Wildman–Crippen MR) is 154 cm³/mol. The third kappa shape index (κ3) is 6.19. The van der Waals surface area contributed by atoms with Crippen molar-refractivity contribution in [2.75, 3.05) is 17.2 Å². The molecule has 7 N–H and O–H groups in total. The van der Waals surface area contributed by atoms with Crippen molar-refractivity contribution < 1.29 is 33.7 Å². The molecule has 0 radical (unpaired) electrons. The fourth-order valence-corrected chi connectivity index (χ4v) is 6.76. The van der Waals surface area contributed by atoms with Gasteiger partial charge in [-0.05, 0) is 6.07 Å². The van der Waals surface area contributed by atoms with Gasteiger partial charge in [-0.3, -0.25) is 19.3 Å². The van der Waals surface area contributed by atoms with Gasteiger partial charge in [-0.2, -0.15) is 0 Å². The van der Waals surface area contributed by atoms with E-state index in [2.05, 4.69) is 25.8 Å². The van der Waals surface area contributed by atoms with Gasteiger partial charge in [-0.25, -0.2) is 19.3 Å². The first kappa shape index (κ1) is 29.0. The monoisotopic (exact) mass is 630 g/mol. The second-order valence-electron chi connectivity index (χ2n) is 8.96. The van der Waals surface area contributed by atoms with Crippen LogP contribution >= 0.6 is 34.4 Å². The fourth-order valence-electron chi connectivity index (χ4n) is 4.33. The molecule has 5 heterocycles. The second-order valence-corrected chi connectivity index (χ2v) is 11.8. The predicted octanol–water partition coefficient (Wildman–Crippen LogP) is -0.343. The van der Waals surface area contributed by atoms with Gasteiger partial charge in [0.05, 0.1) is 5.69 Å². The lowest BCUT2D eigenvalue weighted by atomic mass is 10.0. The van der Waals surface area contributed by atoms with Gasteiger partial charge in [-0.1, -0.05) is 5.16 Å². The van der Waals surface area contributed by atoms with Crippen LogP contribution in [-0.2, 0) is 43.7 Å². The lowest BCUT2D eigenvalue weighted by Crippen LogP contribution is -2.71. The highest BCUT2D eigenvalue weighted by Crippen LogP contribution is 2.40. The molecule has 1 fully saturated rings. The van der Waals surface area contributed by atoms with E-state index in [1.54, 1.807) is 28.4 Å². The molecule has 15 nitrogen and oxygen atoms in total. The van der Waals surface area contributed by atoms with Crippen molar-refractivity contribution in [2.45, 2.75) is 31.1 Å². The number of hydrogen-bond acceptors (Lipinski definition) is 13. The van der Waals surface area contributed by atoms with E-state index >= 15 is 0 Å². The minimum absolute atomic E-state index is 0.0528. The maximum atomic E-state index is 13.3. The van der Waals surface area contributed by atoms with E-state index in [0.717, 1.165) is 16.9 Å². The number of carboxylic acid groups (broad SMARTS) is 1. The average Bonchev–Trinajstić information content (AvgIpc) is 3.59. The third-order valence-electron chi connectivity index (χ3n) is 6.14. The van der Waals surface area contributed by atoms with Gasteiger partial charge in [-0.15, -0.1) is 34.4 Å². The molecule has 1 saturated heterocycles. The topological polar surface area (TPSA) is 219 Å². The number of aromatic nitrogens is 3. The number of rotatable bonds is 12. The van der Waals surface area contributed by atoms with Crippen LogP contribution in [0.4, 0.5) is 10.3 Å². The van der Waals surface area contributed by atoms with Crippen molar-refractivity contribution >= 4 is 74.6 Å². The molecule has 0 saturated carbocycles. The summed E-state index contributed by atoms with van der Waals surface area (Å²) in [7, 11) is 0. The summed E-state index contributed by atoms with van der Waals surface area (Å²) in [6.45, 7) is 0.491. The molecule has 0 aromatic carbocycles. The van der Waals surface area contributed by atoms with Crippen LogP contribution in [0.1, 0.15) is 17.0 Å². The van der Waals surface area contributed by atoms with Crippen LogP contribution in [0.2, 0.25) is 0 Å². The van der Waals surface area contributed by atoms with E-state index in [9.17, 15) is 24.3 Å². The summed E-state index contributed by atoms with van der Waals surface area (Å²) in [5.74, 6) is -2.24. The van der Waals surface area contributed by atoms with E-state index in [4.69, 9.17) is 16.3 Å². The molecule has 3 aromatic heterocycles. The standard InChI is InChI=1S/C24H23N9O6S3/c25-23-28-14(9-41-23)7-39-31-16(15-10-42-24(26)29-15)19(35)30-17-20(36)33-18(22(37)38)13(8-40-21(17)33)6-32-3-1-2-12(5-32)4-27-11-34/h1-3,5,9-11,17,21H,4,6-8H2,(H6-,25,26,27,28,29,30,34,35,37,38)/p+1/b31-16-/t17?,21-/m1/s1. The van der Waals surface area contributed by atoms with Crippen LogP contribution in [0.3, 0.4) is 0 Å². The number of β-lactam (4-membered cyclic amide) rings is 1. The number of nitrogens with one attached hydrogen (secondary N) is 2. The first-order valence-corrected chi connectivity index (χ1v) is 15.0. The Hall–Kier alpha value is -4.55. The van der Waals surface area contributed by atoms with Gasteiger partial charge in [0.15, 0.2) is 41.5 Å². The normalized spacial score (nSPS) is 18.2. The molecule has 18 heteroatoms. The Bertz CT molecular complexity index is 1600. The molecule has 2 aliphatic heterocycles. The highest BCUT2D eigenvalue weighted by atomic mass is 32.2. The molecule has 0 aliphatic carbocycles. The summed E-state index contributed by atoms with van der Waals surface area (Å²) in [6, 6.07) is 2.62. The summed E-state index contributed by atoms with van der Waals surface area (Å²) < 4.78 is 1.78. The Balaban J connectivity index is 1.31. The van der Waals surface area contributed by atoms with E-state index in [-0.39, 0.29) is 35.4 Å². The maximum Gasteiger partial charge on any atom is 0.352 e. The summed E-state index contributed by atoms with van der Waals surface area (Å²) in [5, 5.41) is 22.3. The van der Waals surface area contributed by atoms with Crippen molar-refractivity contribution in [1.82, 2.24) is 25.5 Å². The number of aliphatic carboxylic acids is 1. The highest BCUT2D eigenvalue weighted by molar-refractivity contribution is 8.00. The molecule has 5 rings (SSSR count). The molecule has 0 bridgehead atoms. The lowest BCUT2D eigenvalue weighted by molar-refractivity contribution is -0.689. The Kier molecular flexibility index (Phi) is 8.64. The van der Waals surface area contributed by atoms with Crippen molar-refractivity contribution in [3.8, 4) is 0 Å². The van der Waals surface area contributed by atoms with Crippen molar-refractivity contribution in [3.05, 3.63) is 63.5 Å². The molecule has 2 aliphatic rings. The van der Waals surface area contributed by atoms with Crippen LogP contribution in [0.25, 0.3) is 0 Å². The quantitative estimate of drug-likeness (QED) is 0.0573. The van der Waals surface area contributed by atoms with Gasteiger partial charge in [0.1, 0.15) is 22.8 Å². The second kappa shape index (κ2) is 12.5. The highest BCUT2D eigenvalue weighted by Gasteiger charge is 2.54. The molecule has 42 heavy (non-hydrogen) atoms. The largest absolute Gasteiger partial charge is 0.477 e. The number of nitrogens with two attached hydrogens (primary N) is 2. The smallest absolute Gasteiger partial charge is 0.352 e. The number of thiazole rings is 2. The van der Waals surface area contributed by atoms with Crippen molar-refractivity contribution in [3.63, 3.8) is 0 Å². The van der Waals surface area contributed by atoms with E-state index in [1.807, 2.05) is 6.07 Å². The molecular weight excluding hydrogens is 607 g/mol. The number of carbonyl (C=O) groups excluding carboxylic acids is 3. The van der Waals surface area contributed by atoms with Crippen LogP contribution in [0, 0.1) is 0 Å². The van der Waals surface area contributed by atoms with Gasteiger partial charge in [0.2, 0.25) is 6.41 Å². The zero-order valence-corrected chi connectivity index (χ0v) is 24.1. The summed E-state index contributed by atoms with van der Waals surface area (Å²) in [6.07, 6.45) is 4.16. The number of anilines is 2. The molecule has 0 spiro atoms. The van der Waals surface area contributed by atoms with Crippen LogP contribution in [0.15, 0.2) is 51.7 Å². The number of oxime groups is 1. The Morgan fingerprint density at radius 2 is 2.05 bits per heavy atom. The van der Waals surface area contributed by atoms with Gasteiger partial charge in [0.25, 0.3) is 11.8 Å². The lowest BCUT2D eigenvalue weighted by Gasteiger charge is -2.49. The number of hydrogen-bond donors (Lipinski definition) is 5. The van der Waals surface area contributed by atoms with Crippen LogP contribution in [0.5, 0.6) is 0 Å². The molecular formula is C24H24N9O6S3+. The number of thioether (sulfide) groups is 1. The number of carboxylic acids is 1. The van der Waals surface area contributed by atoms with Crippen LogP contribution in [-0.4, -0.2) is 67.0 Å². The number of carbonyl (C=O) groups is 4. The van der Waals surface area contributed by atoms with Crippen LogP contribution < -0.4 is 26.7 Å². The maximum absolute atomic E-state index is 13.3. The van der Waals surface area contributed by atoms with E-state index in [0.29, 0.717) is 35.1 Å². The average molecular weight is 631 g/mol. The van der Waals surface area contributed by atoms with E-state index in [1.165, 1.54) is 33.4 Å². The van der Waals surface area contributed by atoms with Gasteiger partial charge >= 0.3 is 5.97 Å². The minimum atomic E-state index is -1.25. The number of fused-ring (bicyclic) bond motifs is 1. The minimum Gasteiger partial charge on any atom is -0.477 e. The number of pyridine rings is 1. The summed E-state index contributed by atoms with van der Waals surface area (Å²) in [5.41, 5.74) is 13.1. The number of nitrogen functional groups attached to an aromatic ring is 2. The third-order valence-corrected chi connectivity index (χ3v) is 8.87. The first-order chi connectivity index (χ1) is 20.2. The summed E-state index contributed by atoms with van der Waals surface area (Å²) >= 11 is 3.67. The fraction of sp³-hybridized carbons (Fsp3) is 0.250. The molecule has 2 atom stereocenters. The Morgan fingerprint density at radius 1 is 1.26 bits per heavy atom. The SMILES string of the molecule is Nc1nc(CO/N=C(\C(=O)NC2C(=O)N3C(C(=O)O)=C(C[n+]4cccc(CNC=O)c4)CS[C@H]23)c2csc(N)n2)cs1. The van der Waals surface area contributed by atoms with Gasteiger partial charge < -0.3 is 32.0 Å². The van der Waals surface area contributed by atoms with Crippen molar-refractivity contribution in [2.24, 2.45) is 5.16 Å².